The number of aliphatic carboxylic acids is 1. The van der Waals surface area contributed by atoms with Crippen molar-refractivity contribution in [1.29, 1.82) is 0 Å². The minimum atomic E-state index is -0.929. The second-order valence-corrected chi connectivity index (χ2v) is 10.00. The molecule has 0 aliphatic heterocycles. The van der Waals surface area contributed by atoms with E-state index in [9.17, 15) is 19.8 Å². The number of carboxylic acid groups (broad SMARTS) is 1. The van der Waals surface area contributed by atoms with Crippen LogP contribution in [0.5, 0.6) is 11.5 Å². The summed E-state index contributed by atoms with van der Waals surface area (Å²) in [6.45, 7) is 5.64. The molecule has 0 heterocycles. The number of benzene rings is 2. The van der Waals surface area contributed by atoms with Crippen LogP contribution in [-0.4, -0.2) is 69.0 Å². The summed E-state index contributed by atoms with van der Waals surface area (Å²) in [5, 5.41) is 29.7. The van der Waals surface area contributed by atoms with Crippen molar-refractivity contribution in [2.45, 2.75) is 57.5 Å². The van der Waals surface area contributed by atoms with Crippen molar-refractivity contribution >= 4 is 69.0 Å². The Balaban J connectivity index is 0.00000578. The van der Waals surface area contributed by atoms with Crippen molar-refractivity contribution in [2.75, 3.05) is 12.4 Å². The van der Waals surface area contributed by atoms with Gasteiger partial charge in [0.2, 0.25) is 0 Å². The van der Waals surface area contributed by atoms with Gasteiger partial charge in [-0.1, -0.05) is 26.3 Å². The zero-order valence-corrected chi connectivity index (χ0v) is 24.5. The number of phenols is 1. The number of carbonyl (C=O) groups is 2. The fourth-order valence-electron chi connectivity index (χ4n) is 3.49. The van der Waals surface area contributed by atoms with Gasteiger partial charge in [0.25, 0.3) is 0 Å². The van der Waals surface area contributed by atoms with Gasteiger partial charge in [0.15, 0.2) is 5.78 Å². The number of ketones is 1. The van der Waals surface area contributed by atoms with Crippen molar-refractivity contribution in [3.8, 4) is 11.5 Å². The molecule has 181 valence electrons. The van der Waals surface area contributed by atoms with E-state index >= 15 is 0 Å². The first kappa shape index (κ1) is 31.0. The van der Waals surface area contributed by atoms with Crippen LogP contribution in [0, 0.1) is 5.92 Å². The Labute approximate surface area is 235 Å². The van der Waals surface area contributed by atoms with E-state index in [0.29, 0.717) is 35.5 Å². The maximum Gasteiger partial charge on any atom is 0.303 e. The van der Waals surface area contributed by atoms with E-state index < -0.39 is 12.1 Å². The molecule has 2 aromatic carbocycles. The number of phenolic OH excluding ortho intramolecular Hbond substituents is 1. The Morgan fingerprint density at radius 1 is 1.21 bits per heavy atom. The quantitative estimate of drug-likeness (QED) is 0.126. The minimum Gasteiger partial charge on any atom is -0.507 e. The van der Waals surface area contributed by atoms with Gasteiger partial charge in [0.1, 0.15) is 11.5 Å². The zero-order chi connectivity index (χ0) is 24.5. The molecule has 2 unspecified atom stereocenters. The molecule has 0 aromatic heterocycles. The standard InChI is InChI=1S/C25H31BrO6S.Na/c1-4-6-19-21(9-8-18(16(3)27)25(19)31)32-11-5-12-33-22-10-7-17(14-20(22)26)24(30)15(2)13-23(28)29;/h7-10,14-15,24,30-31H,4-6,11-13H2,1-3H3,(H,28,29);. The normalized spacial score (nSPS) is 12.5. The van der Waals surface area contributed by atoms with Gasteiger partial charge in [0.05, 0.1) is 24.7 Å². The van der Waals surface area contributed by atoms with E-state index in [-0.39, 0.29) is 53.4 Å². The summed E-state index contributed by atoms with van der Waals surface area (Å²) in [5.74, 6) is -0.0579. The zero-order valence-electron chi connectivity index (χ0n) is 20.1. The first-order valence-corrected chi connectivity index (χ1v) is 12.7. The third kappa shape index (κ3) is 8.88. The van der Waals surface area contributed by atoms with E-state index in [1.807, 2.05) is 25.1 Å². The maximum atomic E-state index is 11.7. The van der Waals surface area contributed by atoms with Gasteiger partial charge in [-0.15, -0.1) is 11.8 Å². The number of carboxylic acids is 1. The number of aromatic hydroxyl groups is 1. The predicted octanol–water partition coefficient (Wildman–Crippen LogP) is 5.63. The molecule has 2 aromatic rings. The fraction of sp³-hybridized carbons (Fsp3) is 0.440. The van der Waals surface area contributed by atoms with Gasteiger partial charge in [-0.05, 0) is 71.4 Å². The average molecular weight is 562 g/mol. The molecule has 34 heavy (non-hydrogen) atoms. The fourth-order valence-corrected chi connectivity index (χ4v) is 5.07. The Morgan fingerprint density at radius 3 is 2.50 bits per heavy atom. The van der Waals surface area contributed by atoms with Gasteiger partial charge in [-0.3, -0.25) is 9.59 Å². The van der Waals surface area contributed by atoms with Crippen LogP contribution in [0.3, 0.4) is 0 Å². The van der Waals surface area contributed by atoms with Gasteiger partial charge in [-0.2, -0.15) is 0 Å². The van der Waals surface area contributed by atoms with Crippen LogP contribution >= 0.6 is 27.7 Å². The molecule has 0 fully saturated rings. The second-order valence-electron chi connectivity index (χ2n) is 8.00. The van der Waals surface area contributed by atoms with Crippen molar-refractivity contribution in [2.24, 2.45) is 5.92 Å². The van der Waals surface area contributed by atoms with Crippen LogP contribution < -0.4 is 4.74 Å². The van der Waals surface area contributed by atoms with Crippen molar-refractivity contribution in [3.05, 3.63) is 51.5 Å². The Bertz CT molecular complexity index is 984. The average Bonchev–Trinajstić information content (AvgIpc) is 2.75. The molecule has 6 nitrogen and oxygen atoms in total. The number of aliphatic hydroxyl groups is 1. The largest absolute Gasteiger partial charge is 0.507 e. The van der Waals surface area contributed by atoms with Crippen LogP contribution in [0.15, 0.2) is 39.7 Å². The summed E-state index contributed by atoms with van der Waals surface area (Å²) >= 11 is 5.19. The monoisotopic (exact) mass is 561 g/mol. The Kier molecular flexibility index (Phi) is 13.8. The number of thioether (sulfide) groups is 1. The molecule has 0 bridgehead atoms. The van der Waals surface area contributed by atoms with Crippen LogP contribution in [0.2, 0.25) is 0 Å². The van der Waals surface area contributed by atoms with Crippen LogP contribution in [0.1, 0.15) is 67.6 Å². The van der Waals surface area contributed by atoms with E-state index in [2.05, 4.69) is 15.9 Å². The van der Waals surface area contributed by atoms with Gasteiger partial charge < -0.3 is 20.1 Å². The van der Waals surface area contributed by atoms with Crippen molar-refractivity contribution in [1.82, 2.24) is 0 Å². The van der Waals surface area contributed by atoms with Crippen LogP contribution in [0.25, 0.3) is 0 Å². The number of halogens is 1. The smallest absolute Gasteiger partial charge is 0.303 e. The third-order valence-electron chi connectivity index (χ3n) is 5.26. The van der Waals surface area contributed by atoms with E-state index in [1.54, 1.807) is 30.8 Å². The van der Waals surface area contributed by atoms with Gasteiger partial charge >= 0.3 is 5.97 Å². The molecule has 1 radical (unpaired) electrons. The molecule has 0 spiro atoms. The molecule has 0 aliphatic rings. The summed E-state index contributed by atoms with van der Waals surface area (Å²) < 4.78 is 6.75. The number of Topliss-reactive ketones (excluding diaryl/α,β-unsaturated/α-hetero) is 1. The molecular weight excluding hydrogens is 531 g/mol. The maximum absolute atomic E-state index is 11.7. The number of ether oxygens (including phenoxy) is 1. The van der Waals surface area contributed by atoms with Crippen LogP contribution in [0.4, 0.5) is 0 Å². The van der Waals surface area contributed by atoms with E-state index in [1.165, 1.54) is 6.92 Å². The number of carbonyl (C=O) groups excluding carboxylic acids is 1. The predicted molar refractivity (Wildman–Crippen MR) is 139 cm³/mol. The summed E-state index contributed by atoms with van der Waals surface area (Å²) in [5.41, 5.74) is 1.67. The number of aliphatic hydroxyl groups excluding tert-OH is 1. The molecule has 3 N–H and O–H groups in total. The first-order chi connectivity index (χ1) is 15.6. The molecule has 0 saturated carbocycles. The topological polar surface area (TPSA) is 104 Å². The van der Waals surface area contributed by atoms with E-state index in [0.717, 1.165) is 28.0 Å². The van der Waals surface area contributed by atoms with Crippen molar-refractivity contribution in [3.63, 3.8) is 0 Å². The first-order valence-electron chi connectivity index (χ1n) is 11.0. The molecule has 2 atom stereocenters. The summed E-state index contributed by atoms with van der Waals surface area (Å²) in [7, 11) is 0. The minimum absolute atomic E-state index is 0. The van der Waals surface area contributed by atoms with Gasteiger partial charge in [-0.25, -0.2) is 0 Å². The number of hydrogen-bond acceptors (Lipinski definition) is 6. The number of rotatable bonds is 13. The molecule has 2 rings (SSSR count). The molecular formula is C25H31BrNaO6S. The molecule has 0 saturated heterocycles. The Morgan fingerprint density at radius 2 is 1.91 bits per heavy atom. The number of hydrogen-bond donors (Lipinski definition) is 3. The summed E-state index contributed by atoms with van der Waals surface area (Å²) in [6.07, 6.45) is 1.30. The van der Waals surface area contributed by atoms with Crippen LogP contribution in [-0.2, 0) is 11.2 Å². The molecule has 9 heteroatoms. The third-order valence-corrected chi connectivity index (χ3v) is 7.33. The summed E-state index contributed by atoms with van der Waals surface area (Å²) in [6, 6.07) is 8.92. The second kappa shape index (κ2) is 15.2. The van der Waals surface area contributed by atoms with Gasteiger partial charge in [0, 0.05) is 50.2 Å². The summed E-state index contributed by atoms with van der Waals surface area (Å²) in [4.78, 5) is 23.6. The molecule has 0 amide bonds. The molecule has 0 aliphatic carbocycles. The Hall–Kier alpha value is -1.03. The van der Waals surface area contributed by atoms with E-state index in [4.69, 9.17) is 9.84 Å². The van der Waals surface area contributed by atoms with Crippen molar-refractivity contribution < 1.29 is 29.6 Å². The SMILES string of the molecule is CCCc1c(OCCCSc2ccc(C(O)C(C)CC(=O)O)cc2Br)ccc(C(C)=O)c1O.[Na].